The second-order valence-corrected chi connectivity index (χ2v) is 7.93. The lowest BCUT2D eigenvalue weighted by molar-refractivity contribution is -0.215. The van der Waals surface area contributed by atoms with Crippen LogP contribution >= 0.6 is 0 Å². The molecule has 0 aliphatic rings. The van der Waals surface area contributed by atoms with Gasteiger partial charge in [-0.05, 0) is 25.0 Å². The molecule has 3 rings (SSSR count). The first-order valence-electron chi connectivity index (χ1n) is 10.3. The van der Waals surface area contributed by atoms with Crippen molar-refractivity contribution in [2.45, 2.75) is 45.6 Å². The van der Waals surface area contributed by atoms with Gasteiger partial charge in [0, 0.05) is 17.0 Å². The van der Waals surface area contributed by atoms with Gasteiger partial charge in [0.2, 0.25) is 5.91 Å². The van der Waals surface area contributed by atoms with Crippen molar-refractivity contribution in [2.75, 3.05) is 6.61 Å². The fourth-order valence-corrected chi connectivity index (χ4v) is 3.66. The number of aromatic nitrogens is 2. The molecule has 2 aromatic heterocycles. The Labute approximate surface area is 186 Å². The zero-order valence-electron chi connectivity index (χ0n) is 18.2. The standard InChI is InChI=1S/C22H24F3N3O5/c1-4-33-21(32)14-7-5-6-12-13-8-9-28(20(31)18(13)27-17(12)14)10-15(29)26-16(11(2)3)19(30)22(23,24)25/h5-9,11,16,19,27,30H,4,10H2,1-3H3,(H,26,29). The highest BCUT2D eigenvalue weighted by Gasteiger charge is 2.45. The van der Waals surface area contributed by atoms with E-state index in [1.807, 2.05) is 0 Å². The van der Waals surface area contributed by atoms with Crippen LogP contribution in [0.15, 0.2) is 35.3 Å². The van der Waals surface area contributed by atoms with E-state index in [0.717, 1.165) is 4.57 Å². The van der Waals surface area contributed by atoms with Crippen molar-refractivity contribution in [3.05, 3.63) is 46.4 Å². The lowest BCUT2D eigenvalue weighted by Crippen LogP contribution is -2.53. The number of esters is 1. The molecule has 1 amide bonds. The molecule has 0 aliphatic heterocycles. The summed E-state index contributed by atoms with van der Waals surface area (Å²) in [6.45, 7) is 4.17. The summed E-state index contributed by atoms with van der Waals surface area (Å²) < 4.78 is 44.8. The summed E-state index contributed by atoms with van der Waals surface area (Å²) in [6, 6.07) is 4.93. The summed E-state index contributed by atoms with van der Waals surface area (Å²) in [5, 5.41) is 12.9. The quantitative estimate of drug-likeness (QED) is 0.463. The summed E-state index contributed by atoms with van der Waals surface area (Å²) in [5.41, 5.74) is 0.187. The first-order valence-corrected chi connectivity index (χ1v) is 10.3. The number of nitrogens with zero attached hydrogens (tertiary/aromatic N) is 1. The van der Waals surface area contributed by atoms with Crippen LogP contribution < -0.4 is 10.9 Å². The molecule has 178 valence electrons. The molecule has 0 saturated carbocycles. The number of amides is 1. The highest BCUT2D eigenvalue weighted by atomic mass is 19.4. The van der Waals surface area contributed by atoms with Crippen LogP contribution in [0.4, 0.5) is 13.2 Å². The molecule has 0 saturated heterocycles. The molecular weight excluding hydrogens is 443 g/mol. The number of fused-ring (bicyclic) bond motifs is 3. The number of alkyl halides is 3. The Morgan fingerprint density at radius 1 is 1.18 bits per heavy atom. The number of nitrogens with one attached hydrogen (secondary N) is 2. The summed E-state index contributed by atoms with van der Waals surface area (Å²) >= 11 is 0. The van der Waals surface area contributed by atoms with Gasteiger partial charge < -0.3 is 24.7 Å². The van der Waals surface area contributed by atoms with Crippen LogP contribution in [0, 0.1) is 5.92 Å². The van der Waals surface area contributed by atoms with Crippen molar-refractivity contribution in [2.24, 2.45) is 5.92 Å². The first-order chi connectivity index (χ1) is 15.5. The number of carbonyl (C=O) groups is 2. The molecule has 0 fully saturated rings. The highest BCUT2D eigenvalue weighted by molar-refractivity contribution is 6.13. The molecule has 0 spiro atoms. The molecular formula is C22H24F3N3O5. The van der Waals surface area contributed by atoms with Gasteiger partial charge in [0.15, 0.2) is 6.10 Å². The Kier molecular flexibility index (Phi) is 6.82. The third kappa shape index (κ3) is 4.87. The number of rotatable bonds is 7. The van der Waals surface area contributed by atoms with Crippen LogP contribution in [-0.4, -0.2) is 51.5 Å². The van der Waals surface area contributed by atoms with E-state index >= 15 is 0 Å². The third-order valence-corrected chi connectivity index (χ3v) is 5.30. The van der Waals surface area contributed by atoms with Gasteiger partial charge in [-0.25, -0.2) is 4.79 Å². The summed E-state index contributed by atoms with van der Waals surface area (Å²) in [7, 11) is 0. The molecule has 2 unspecified atom stereocenters. The Morgan fingerprint density at radius 3 is 2.45 bits per heavy atom. The van der Waals surface area contributed by atoms with E-state index in [4.69, 9.17) is 4.74 Å². The van der Waals surface area contributed by atoms with Crippen molar-refractivity contribution in [3.8, 4) is 0 Å². The molecule has 0 bridgehead atoms. The molecule has 3 N–H and O–H groups in total. The number of aromatic amines is 1. The predicted octanol–water partition coefficient (Wildman–Crippen LogP) is 2.72. The minimum atomic E-state index is -4.90. The van der Waals surface area contributed by atoms with E-state index < -0.39 is 48.2 Å². The Bertz CT molecular complexity index is 1250. The summed E-state index contributed by atoms with van der Waals surface area (Å²) in [4.78, 5) is 40.5. The number of halogens is 3. The fraction of sp³-hybridized carbons (Fsp3) is 0.409. The number of carbonyl (C=O) groups excluding carboxylic acids is 2. The number of H-pyrrole nitrogens is 1. The van der Waals surface area contributed by atoms with Gasteiger partial charge in [0.1, 0.15) is 12.1 Å². The molecule has 33 heavy (non-hydrogen) atoms. The fourth-order valence-electron chi connectivity index (χ4n) is 3.66. The topological polar surface area (TPSA) is 113 Å². The molecule has 8 nitrogen and oxygen atoms in total. The van der Waals surface area contributed by atoms with Crippen molar-refractivity contribution in [1.82, 2.24) is 14.9 Å². The van der Waals surface area contributed by atoms with E-state index in [1.54, 1.807) is 31.2 Å². The molecule has 11 heteroatoms. The lowest BCUT2D eigenvalue weighted by atomic mass is 9.98. The molecule has 2 atom stereocenters. The van der Waals surface area contributed by atoms with Crippen molar-refractivity contribution in [3.63, 3.8) is 0 Å². The Balaban J connectivity index is 1.93. The maximum atomic E-state index is 13.0. The number of benzene rings is 1. The SMILES string of the molecule is CCOC(=O)c1cccc2c1[nH]c1c(=O)n(CC(=O)NC(C(C)C)C(O)C(F)(F)F)ccc12. The van der Waals surface area contributed by atoms with Crippen LogP contribution in [0.25, 0.3) is 21.8 Å². The second kappa shape index (κ2) is 9.26. The zero-order valence-corrected chi connectivity index (χ0v) is 18.2. The maximum Gasteiger partial charge on any atom is 0.416 e. The molecule has 1 aromatic carbocycles. The number of pyridine rings is 1. The third-order valence-electron chi connectivity index (χ3n) is 5.30. The molecule has 3 aromatic rings. The number of hydrogen-bond acceptors (Lipinski definition) is 5. The lowest BCUT2D eigenvalue weighted by Gasteiger charge is -2.28. The molecule has 0 radical (unpaired) electrons. The van der Waals surface area contributed by atoms with Crippen LogP contribution in [0.3, 0.4) is 0 Å². The smallest absolute Gasteiger partial charge is 0.416 e. The van der Waals surface area contributed by atoms with Gasteiger partial charge in [-0.2, -0.15) is 13.2 Å². The number of aliphatic hydroxyl groups excluding tert-OH is 1. The van der Waals surface area contributed by atoms with Crippen LogP contribution in [0.1, 0.15) is 31.1 Å². The Morgan fingerprint density at radius 2 is 1.85 bits per heavy atom. The van der Waals surface area contributed by atoms with Crippen LogP contribution in [-0.2, 0) is 16.1 Å². The normalized spacial score (nSPS) is 13.9. The average molecular weight is 467 g/mol. The van der Waals surface area contributed by atoms with Crippen molar-refractivity contribution in [1.29, 1.82) is 0 Å². The average Bonchev–Trinajstić information content (AvgIpc) is 3.12. The second-order valence-electron chi connectivity index (χ2n) is 7.93. The van der Waals surface area contributed by atoms with E-state index in [2.05, 4.69) is 10.3 Å². The van der Waals surface area contributed by atoms with Gasteiger partial charge in [0.05, 0.1) is 23.7 Å². The molecule has 0 aliphatic carbocycles. The summed E-state index contributed by atoms with van der Waals surface area (Å²) in [6.07, 6.45) is -6.30. The zero-order chi connectivity index (χ0) is 24.5. The molecule has 2 heterocycles. The van der Waals surface area contributed by atoms with Gasteiger partial charge in [0.25, 0.3) is 5.56 Å². The Hall–Kier alpha value is -3.34. The predicted molar refractivity (Wildman–Crippen MR) is 115 cm³/mol. The van der Waals surface area contributed by atoms with Crippen LogP contribution in [0.2, 0.25) is 0 Å². The minimum absolute atomic E-state index is 0.132. The summed E-state index contributed by atoms with van der Waals surface area (Å²) in [5.74, 6) is -2.13. The largest absolute Gasteiger partial charge is 0.462 e. The van der Waals surface area contributed by atoms with E-state index in [-0.39, 0.29) is 17.7 Å². The van der Waals surface area contributed by atoms with Gasteiger partial charge in [-0.3, -0.25) is 9.59 Å². The van der Waals surface area contributed by atoms with Crippen LogP contribution in [0.5, 0.6) is 0 Å². The number of para-hydroxylation sites is 1. The van der Waals surface area contributed by atoms with E-state index in [0.29, 0.717) is 16.3 Å². The number of ether oxygens (including phenoxy) is 1. The van der Waals surface area contributed by atoms with Gasteiger partial charge in [-0.15, -0.1) is 0 Å². The highest BCUT2D eigenvalue weighted by Crippen LogP contribution is 2.27. The van der Waals surface area contributed by atoms with E-state index in [9.17, 15) is 32.7 Å². The monoisotopic (exact) mass is 467 g/mol. The van der Waals surface area contributed by atoms with Gasteiger partial charge >= 0.3 is 12.1 Å². The minimum Gasteiger partial charge on any atom is -0.462 e. The van der Waals surface area contributed by atoms with Crippen molar-refractivity contribution >= 4 is 33.7 Å². The van der Waals surface area contributed by atoms with Crippen molar-refractivity contribution < 1.29 is 32.6 Å². The number of aliphatic hydroxyl groups is 1. The maximum absolute atomic E-state index is 13.0. The van der Waals surface area contributed by atoms with E-state index in [1.165, 1.54) is 20.0 Å². The number of hydrogen-bond donors (Lipinski definition) is 3. The first kappa shape index (κ1) is 24.3. The van der Waals surface area contributed by atoms with Gasteiger partial charge in [-0.1, -0.05) is 26.0 Å².